The smallest absolute Gasteiger partial charge is 0.215 e. The van der Waals surface area contributed by atoms with E-state index < -0.39 is 0 Å². The van der Waals surface area contributed by atoms with Gasteiger partial charge in [-0.3, -0.25) is 4.40 Å². The van der Waals surface area contributed by atoms with E-state index in [1.54, 1.807) is 0 Å². The molecule has 0 aromatic carbocycles. The summed E-state index contributed by atoms with van der Waals surface area (Å²) in [7, 11) is 0. The summed E-state index contributed by atoms with van der Waals surface area (Å²) < 4.78 is 6.34. The van der Waals surface area contributed by atoms with E-state index in [1.165, 1.54) is 17.1 Å². The van der Waals surface area contributed by atoms with Crippen molar-refractivity contribution in [3.8, 4) is 0 Å². The van der Waals surface area contributed by atoms with E-state index in [1.807, 2.05) is 48.0 Å². The molecular weight excluding hydrogens is 244 g/mol. The fourth-order valence-electron chi connectivity index (χ4n) is 1.66. The quantitative estimate of drug-likeness (QED) is 0.671. The van der Waals surface area contributed by atoms with E-state index in [0.29, 0.717) is 5.82 Å². The fraction of sp³-hybridized carbons (Fsp3) is 0.154. The monoisotopic (exact) mass is 256 g/mol. The number of hydrogen-bond donors (Lipinski definition) is 0. The van der Waals surface area contributed by atoms with Gasteiger partial charge in [0, 0.05) is 23.9 Å². The first-order valence-electron chi connectivity index (χ1n) is 5.64. The summed E-state index contributed by atoms with van der Waals surface area (Å²) in [5.41, 5.74) is 3.23. The number of nitrogens with zero attached hydrogens (tertiary/aromatic N) is 4. The fourth-order valence-corrected chi connectivity index (χ4v) is 2.35. The molecule has 90 valence electrons. The second-order valence-corrected chi connectivity index (χ2v) is 4.94. The molecule has 3 aromatic heterocycles. The van der Waals surface area contributed by atoms with E-state index in [0.717, 1.165) is 16.0 Å². The number of rotatable bonds is 1. The highest BCUT2D eigenvalue weighted by Crippen LogP contribution is 2.08. The molecule has 0 aliphatic rings. The van der Waals surface area contributed by atoms with Crippen LogP contribution in [0, 0.1) is 13.8 Å². The molecule has 0 aliphatic heterocycles. The molecule has 0 bridgehead atoms. The molecule has 0 saturated carbocycles. The zero-order valence-electron chi connectivity index (χ0n) is 10.2. The Morgan fingerprint density at radius 3 is 2.72 bits per heavy atom. The van der Waals surface area contributed by atoms with Crippen LogP contribution >= 0.6 is 11.5 Å². The van der Waals surface area contributed by atoms with Crippen LogP contribution in [0.5, 0.6) is 0 Å². The van der Waals surface area contributed by atoms with Gasteiger partial charge in [0.15, 0.2) is 11.5 Å². The second kappa shape index (κ2) is 4.34. The Morgan fingerprint density at radius 1 is 1.11 bits per heavy atom. The van der Waals surface area contributed by atoms with Crippen molar-refractivity contribution in [2.45, 2.75) is 13.8 Å². The number of fused-ring (bicyclic) bond motifs is 1. The topological polar surface area (TPSA) is 42.5 Å². The third-order valence-electron chi connectivity index (χ3n) is 2.61. The predicted molar refractivity (Wildman–Crippen MR) is 72.0 cm³/mol. The van der Waals surface area contributed by atoms with Crippen LogP contribution in [0.3, 0.4) is 0 Å². The van der Waals surface area contributed by atoms with Gasteiger partial charge in [-0.1, -0.05) is 12.1 Å². The van der Waals surface area contributed by atoms with Gasteiger partial charge >= 0.3 is 0 Å². The lowest BCUT2D eigenvalue weighted by atomic mass is 10.3. The van der Waals surface area contributed by atoms with Crippen molar-refractivity contribution in [2.75, 3.05) is 0 Å². The van der Waals surface area contributed by atoms with Crippen molar-refractivity contribution in [1.82, 2.24) is 13.8 Å². The van der Waals surface area contributed by atoms with Crippen molar-refractivity contribution in [1.29, 1.82) is 0 Å². The average Bonchev–Trinajstić information content (AvgIpc) is 2.75. The van der Waals surface area contributed by atoms with Gasteiger partial charge < -0.3 is 0 Å². The summed E-state index contributed by atoms with van der Waals surface area (Å²) in [6, 6.07) is 7.96. The maximum atomic E-state index is 4.52. The summed E-state index contributed by atoms with van der Waals surface area (Å²) in [4.78, 5) is 9.64. The Hall–Kier alpha value is -2.01. The van der Waals surface area contributed by atoms with Gasteiger partial charge in [-0.25, -0.2) is 4.98 Å². The number of hydrogen-bond acceptors (Lipinski definition) is 4. The first-order chi connectivity index (χ1) is 8.72. The van der Waals surface area contributed by atoms with E-state index in [2.05, 4.69) is 21.3 Å². The highest BCUT2D eigenvalue weighted by atomic mass is 32.1. The highest BCUT2D eigenvalue weighted by molar-refractivity contribution is 7.03. The number of aryl methyl sites for hydroxylation is 2. The molecule has 3 heterocycles. The molecule has 0 radical (unpaired) electrons. The molecule has 3 aromatic rings. The molecule has 0 amide bonds. The Kier molecular flexibility index (Phi) is 2.68. The van der Waals surface area contributed by atoms with Crippen LogP contribution < -0.4 is 4.80 Å². The van der Waals surface area contributed by atoms with Crippen molar-refractivity contribution in [3.05, 3.63) is 52.6 Å². The van der Waals surface area contributed by atoms with Crippen molar-refractivity contribution >= 4 is 23.0 Å². The number of aromatic nitrogens is 3. The molecule has 0 saturated heterocycles. The van der Waals surface area contributed by atoms with Crippen LogP contribution in [0.15, 0.2) is 41.7 Å². The van der Waals surface area contributed by atoms with E-state index in [9.17, 15) is 0 Å². The molecule has 5 heteroatoms. The molecule has 0 N–H and O–H groups in total. The van der Waals surface area contributed by atoms with Gasteiger partial charge in [-0.15, -0.1) is 0 Å². The largest absolute Gasteiger partial charge is 0.275 e. The predicted octanol–water partition coefficient (Wildman–Crippen LogP) is 2.64. The van der Waals surface area contributed by atoms with E-state index in [4.69, 9.17) is 0 Å². The summed E-state index contributed by atoms with van der Waals surface area (Å²) in [6.45, 7) is 4.06. The minimum atomic E-state index is 0.708. The third kappa shape index (κ3) is 2.04. The Labute approximate surface area is 108 Å². The van der Waals surface area contributed by atoms with Gasteiger partial charge in [-0.2, -0.15) is 9.37 Å². The lowest BCUT2D eigenvalue weighted by Gasteiger charge is -1.95. The molecule has 0 aliphatic carbocycles. The first kappa shape index (κ1) is 11.1. The van der Waals surface area contributed by atoms with Crippen molar-refractivity contribution in [2.24, 2.45) is 4.99 Å². The van der Waals surface area contributed by atoms with E-state index >= 15 is 0 Å². The zero-order valence-corrected chi connectivity index (χ0v) is 11.0. The van der Waals surface area contributed by atoms with Gasteiger partial charge in [0.25, 0.3) is 0 Å². The SMILES string of the molecule is Cc1ccc(N=c2snc3ccc(C)cn23)nc1. The summed E-state index contributed by atoms with van der Waals surface area (Å²) in [5, 5.41) is 0. The molecule has 18 heavy (non-hydrogen) atoms. The minimum absolute atomic E-state index is 0.708. The molecule has 0 fully saturated rings. The summed E-state index contributed by atoms with van der Waals surface area (Å²) in [6.07, 6.45) is 3.85. The van der Waals surface area contributed by atoms with Crippen LogP contribution in [-0.2, 0) is 0 Å². The Morgan fingerprint density at radius 2 is 1.94 bits per heavy atom. The van der Waals surface area contributed by atoms with Gasteiger partial charge in [0.1, 0.15) is 0 Å². The maximum Gasteiger partial charge on any atom is 0.215 e. The molecule has 4 nitrogen and oxygen atoms in total. The van der Waals surface area contributed by atoms with Crippen molar-refractivity contribution in [3.63, 3.8) is 0 Å². The van der Waals surface area contributed by atoms with Crippen LogP contribution in [0.2, 0.25) is 0 Å². The highest BCUT2D eigenvalue weighted by Gasteiger charge is 1.99. The summed E-state index contributed by atoms with van der Waals surface area (Å²) in [5.74, 6) is 0.708. The first-order valence-corrected chi connectivity index (χ1v) is 6.42. The second-order valence-electron chi connectivity index (χ2n) is 4.21. The van der Waals surface area contributed by atoms with Crippen LogP contribution in [-0.4, -0.2) is 13.8 Å². The molecule has 3 rings (SSSR count). The Balaban J connectivity index is 2.19. The molecular formula is C13H12N4S. The lowest BCUT2D eigenvalue weighted by molar-refractivity contribution is 1.06. The summed E-state index contributed by atoms with van der Waals surface area (Å²) >= 11 is 1.38. The third-order valence-corrected chi connectivity index (χ3v) is 3.34. The van der Waals surface area contributed by atoms with Gasteiger partial charge in [-0.05, 0) is 37.1 Å². The van der Waals surface area contributed by atoms with Crippen LogP contribution in [0.1, 0.15) is 11.1 Å². The minimum Gasteiger partial charge on any atom is -0.275 e. The average molecular weight is 256 g/mol. The molecule has 0 spiro atoms. The standard InChI is InChI=1S/C13H12N4S/c1-9-3-5-11(14-7-9)15-13-17-8-10(2)4-6-12(17)16-18-13/h3-8H,1-2H3. The zero-order chi connectivity index (χ0) is 12.5. The Bertz CT molecular complexity index is 753. The van der Waals surface area contributed by atoms with Crippen molar-refractivity contribution < 1.29 is 0 Å². The van der Waals surface area contributed by atoms with E-state index in [-0.39, 0.29) is 0 Å². The van der Waals surface area contributed by atoms with Crippen LogP contribution in [0.4, 0.5) is 5.82 Å². The normalized spacial score (nSPS) is 12.2. The van der Waals surface area contributed by atoms with Crippen LogP contribution in [0.25, 0.3) is 5.65 Å². The maximum absolute atomic E-state index is 4.52. The lowest BCUT2D eigenvalue weighted by Crippen LogP contribution is -2.06. The van der Waals surface area contributed by atoms with Gasteiger partial charge in [0.05, 0.1) is 0 Å². The number of pyridine rings is 2. The molecule has 0 unspecified atom stereocenters. The molecule has 0 atom stereocenters. The van der Waals surface area contributed by atoms with Gasteiger partial charge in [0.2, 0.25) is 4.80 Å².